The molecule has 2 heterocycles. The second kappa shape index (κ2) is 15.6. The summed E-state index contributed by atoms with van der Waals surface area (Å²) < 4.78 is 10.1. The molecule has 0 unspecified atom stereocenters. The lowest BCUT2D eigenvalue weighted by Crippen LogP contribution is -2.19. The normalized spacial score (nSPS) is 13.5. The molecule has 0 atom stereocenters. The minimum atomic E-state index is -0.490. The molecule has 14 nitrogen and oxygen atoms in total. The monoisotopic (exact) mass is 604 g/mol. The number of benzene rings is 2. The van der Waals surface area contributed by atoms with Gasteiger partial charge in [0.15, 0.2) is 5.52 Å². The summed E-state index contributed by atoms with van der Waals surface area (Å²) in [5.74, 6) is 3.10. The number of methoxy groups -OCH3 is 1. The zero-order valence-electron chi connectivity index (χ0n) is 25.1. The molecule has 0 spiro atoms. The Morgan fingerprint density at radius 2 is 1.57 bits per heavy atom. The van der Waals surface area contributed by atoms with Crippen LogP contribution in [-0.4, -0.2) is 56.9 Å². The third-order valence-corrected chi connectivity index (χ3v) is 7.79. The van der Waals surface area contributed by atoms with E-state index in [2.05, 4.69) is 46.5 Å². The number of anilines is 4. The lowest BCUT2D eigenvalue weighted by Gasteiger charge is -2.21. The van der Waals surface area contributed by atoms with Crippen molar-refractivity contribution in [1.29, 1.82) is 0 Å². The van der Waals surface area contributed by atoms with Gasteiger partial charge >= 0.3 is 5.69 Å². The molecule has 2 aromatic carbocycles. The number of unbranched alkanes of at least 4 members (excludes halogenated alkanes) is 3. The van der Waals surface area contributed by atoms with Crippen LogP contribution >= 0.6 is 0 Å². The van der Waals surface area contributed by atoms with Crippen LogP contribution in [0.3, 0.4) is 0 Å². The Labute approximate surface area is 255 Å². The largest absolute Gasteiger partial charge is 0.497 e. The van der Waals surface area contributed by atoms with E-state index in [-0.39, 0.29) is 11.2 Å². The molecule has 1 fully saturated rings. The van der Waals surface area contributed by atoms with Crippen molar-refractivity contribution in [2.45, 2.75) is 64.3 Å². The summed E-state index contributed by atoms with van der Waals surface area (Å²) in [6.45, 7) is 2.88. The quantitative estimate of drug-likeness (QED) is 0.0626. The Morgan fingerprint density at radius 1 is 0.864 bits per heavy atom. The van der Waals surface area contributed by atoms with E-state index in [1.165, 1.54) is 38.2 Å². The van der Waals surface area contributed by atoms with Gasteiger partial charge in [0.05, 0.1) is 17.7 Å². The van der Waals surface area contributed by atoms with Crippen LogP contribution in [0.25, 0.3) is 11.0 Å². The first-order chi connectivity index (χ1) is 21.6. The minimum Gasteiger partial charge on any atom is -0.497 e. The first kappa shape index (κ1) is 30.7. The number of hydrogen-bond acceptors (Lipinski definition) is 13. The van der Waals surface area contributed by atoms with Crippen molar-refractivity contribution in [3.05, 3.63) is 52.1 Å². The summed E-state index contributed by atoms with van der Waals surface area (Å²) in [6.07, 6.45) is 10.3. The molecule has 4 aromatic rings. The smallest absolute Gasteiger partial charge is 0.300 e. The van der Waals surface area contributed by atoms with Gasteiger partial charge < -0.3 is 26.0 Å². The van der Waals surface area contributed by atoms with E-state index in [4.69, 9.17) is 9.37 Å². The van der Waals surface area contributed by atoms with Crippen LogP contribution in [0.5, 0.6) is 5.75 Å². The molecule has 44 heavy (non-hydrogen) atoms. The fraction of sp³-hybridized carbons (Fsp3) is 0.500. The Hall–Kier alpha value is -4.75. The average Bonchev–Trinajstić information content (AvgIpc) is 3.55. The second-order valence-electron chi connectivity index (χ2n) is 11.0. The lowest BCUT2D eigenvalue weighted by atomic mass is 9.89. The SMILES string of the molecule is COc1cccc(CNc2nc(NCCCCCCNc3ccc([N+](=O)[O-])c4nonc34)nc(NCC3CCCCC3)n2)c1. The van der Waals surface area contributed by atoms with Crippen LogP contribution in [-0.2, 0) is 6.54 Å². The maximum Gasteiger partial charge on any atom is 0.300 e. The molecule has 1 aliphatic rings. The zero-order valence-corrected chi connectivity index (χ0v) is 25.1. The van der Waals surface area contributed by atoms with Crippen LogP contribution in [0.4, 0.5) is 29.2 Å². The van der Waals surface area contributed by atoms with Crippen molar-refractivity contribution in [2.75, 3.05) is 48.0 Å². The van der Waals surface area contributed by atoms with Crippen molar-refractivity contribution in [3.8, 4) is 5.75 Å². The predicted molar refractivity (Wildman–Crippen MR) is 169 cm³/mol. The van der Waals surface area contributed by atoms with Gasteiger partial charge in [-0.1, -0.05) is 44.2 Å². The Morgan fingerprint density at radius 3 is 2.32 bits per heavy atom. The summed E-state index contributed by atoms with van der Waals surface area (Å²) in [5, 5.41) is 32.1. The van der Waals surface area contributed by atoms with Gasteiger partial charge in [0.1, 0.15) is 5.75 Å². The number of nitrogens with zero attached hydrogens (tertiary/aromatic N) is 6. The molecular weight excluding hydrogens is 564 g/mol. The van der Waals surface area contributed by atoms with E-state index in [0.717, 1.165) is 50.1 Å². The van der Waals surface area contributed by atoms with Gasteiger partial charge in [-0.2, -0.15) is 15.0 Å². The minimum absolute atomic E-state index is 0.121. The molecular formula is C30H40N10O4. The van der Waals surface area contributed by atoms with E-state index in [1.807, 2.05) is 24.3 Å². The number of fused-ring (bicyclic) bond motifs is 1. The number of nitrogens with one attached hydrogen (secondary N) is 4. The fourth-order valence-electron chi connectivity index (χ4n) is 5.37. The summed E-state index contributed by atoms with van der Waals surface area (Å²) in [4.78, 5) is 24.6. The Balaban J connectivity index is 1.08. The molecule has 234 valence electrons. The van der Waals surface area contributed by atoms with Crippen molar-refractivity contribution in [3.63, 3.8) is 0 Å². The van der Waals surface area contributed by atoms with Gasteiger partial charge in [-0.25, -0.2) is 4.63 Å². The van der Waals surface area contributed by atoms with E-state index >= 15 is 0 Å². The molecule has 0 amide bonds. The van der Waals surface area contributed by atoms with Crippen molar-refractivity contribution >= 4 is 40.3 Å². The number of non-ortho nitro benzene ring substituents is 1. The van der Waals surface area contributed by atoms with Crippen molar-refractivity contribution in [2.24, 2.45) is 5.92 Å². The van der Waals surface area contributed by atoms with Crippen LogP contribution in [0.2, 0.25) is 0 Å². The number of nitro benzene ring substituents is 1. The first-order valence-corrected chi connectivity index (χ1v) is 15.3. The average molecular weight is 605 g/mol. The predicted octanol–water partition coefficient (Wildman–Crippen LogP) is 6.01. The van der Waals surface area contributed by atoms with Gasteiger partial charge in [0, 0.05) is 32.2 Å². The summed E-state index contributed by atoms with van der Waals surface area (Å²) in [7, 11) is 1.66. The highest BCUT2D eigenvalue weighted by Gasteiger charge is 2.19. The highest BCUT2D eigenvalue weighted by molar-refractivity contribution is 5.93. The van der Waals surface area contributed by atoms with Crippen molar-refractivity contribution in [1.82, 2.24) is 25.3 Å². The molecule has 0 saturated heterocycles. The molecule has 5 rings (SSSR count). The molecule has 2 aromatic heterocycles. The number of aromatic nitrogens is 5. The third-order valence-electron chi connectivity index (χ3n) is 7.79. The zero-order chi connectivity index (χ0) is 30.6. The van der Waals surface area contributed by atoms with Gasteiger partial charge in [-0.3, -0.25) is 10.1 Å². The topological polar surface area (TPSA) is 178 Å². The second-order valence-corrected chi connectivity index (χ2v) is 11.0. The van der Waals surface area contributed by atoms with E-state index in [9.17, 15) is 10.1 Å². The standard InChI is InChI=1S/C30H40N10O4/c1-43-23-13-9-12-22(18-23)20-34-30-36-28(35-29(37-30)33-19-21-10-5-4-6-11-21)32-17-8-3-2-7-16-31-24-14-15-25(40(41)42)27-26(24)38-44-39-27/h9,12-15,18,21,31H,2-8,10-11,16-17,19-20H2,1H3,(H3,32,33,34,35,36,37). The molecule has 0 aliphatic heterocycles. The highest BCUT2D eigenvalue weighted by Crippen LogP contribution is 2.29. The van der Waals surface area contributed by atoms with Gasteiger partial charge in [-0.05, 0) is 65.7 Å². The summed E-state index contributed by atoms with van der Waals surface area (Å²) in [6, 6.07) is 11.0. The maximum absolute atomic E-state index is 11.2. The van der Waals surface area contributed by atoms with E-state index in [1.54, 1.807) is 13.2 Å². The molecule has 14 heteroatoms. The number of hydrogen-bond donors (Lipinski definition) is 4. The van der Waals surface area contributed by atoms with E-state index in [0.29, 0.717) is 48.1 Å². The Kier molecular flexibility index (Phi) is 10.9. The lowest BCUT2D eigenvalue weighted by molar-refractivity contribution is -0.383. The highest BCUT2D eigenvalue weighted by atomic mass is 16.6. The molecule has 1 aliphatic carbocycles. The molecule has 1 saturated carbocycles. The van der Waals surface area contributed by atoms with Gasteiger partial charge in [0.2, 0.25) is 23.4 Å². The number of nitro groups is 1. The Bertz CT molecular complexity index is 1510. The third kappa shape index (κ3) is 8.64. The van der Waals surface area contributed by atoms with Crippen molar-refractivity contribution < 1.29 is 14.3 Å². The first-order valence-electron chi connectivity index (χ1n) is 15.3. The molecule has 4 N–H and O–H groups in total. The van der Waals surface area contributed by atoms with Crippen LogP contribution in [0, 0.1) is 16.0 Å². The number of rotatable bonds is 17. The summed E-state index contributed by atoms with van der Waals surface area (Å²) in [5.41, 5.74) is 2.14. The van der Waals surface area contributed by atoms with Crippen LogP contribution in [0.15, 0.2) is 41.0 Å². The van der Waals surface area contributed by atoms with Crippen LogP contribution < -0.4 is 26.0 Å². The van der Waals surface area contributed by atoms with Crippen LogP contribution in [0.1, 0.15) is 63.4 Å². The van der Waals surface area contributed by atoms with Gasteiger partial charge in [0.25, 0.3) is 0 Å². The number of ether oxygens (including phenoxy) is 1. The summed E-state index contributed by atoms with van der Waals surface area (Å²) >= 11 is 0. The molecule has 0 bridgehead atoms. The van der Waals surface area contributed by atoms with E-state index < -0.39 is 4.92 Å². The molecule has 0 radical (unpaired) electrons. The van der Waals surface area contributed by atoms with Gasteiger partial charge in [-0.15, -0.1) is 0 Å². The fourth-order valence-corrected chi connectivity index (χ4v) is 5.37. The maximum atomic E-state index is 11.2.